The maximum atomic E-state index is 11.0. The number of rotatable bonds is 10. The summed E-state index contributed by atoms with van der Waals surface area (Å²) >= 11 is 0. The van der Waals surface area contributed by atoms with Crippen molar-refractivity contribution in [1.82, 2.24) is 10.6 Å². The zero-order chi connectivity index (χ0) is 12.9. The Morgan fingerprint density at radius 3 is 1.65 bits per heavy atom. The van der Waals surface area contributed by atoms with Gasteiger partial charge in [-0.25, -0.2) is 0 Å². The zero-order valence-corrected chi connectivity index (χ0v) is 10.0. The molecule has 0 aromatic rings. The van der Waals surface area contributed by atoms with Gasteiger partial charge in [0.1, 0.15) is 0 Å². The molecule has 7 heteroatoms. The van der Waals surface area contributed by atoms with Crippen LogP contribution in [0.3, 0.4) is 0 Å². The third-order valence-electron chi connectivity index (χ3n) is 1.88. The molecule has 0 saturated heterocycles. The highest BCUT2D eigenvalue weighted by atomic mass is 16.5. The van der Waals surface area contributed by atoms with Crippen molar-refractivity contribution in [3.8, 4) is 0 Å². The van der Waals surface area contributed by atoms with Gasteiger partial charge in [0.2, 0.25) is 11.8 Å². The Bertz CT molecular complexity index is 202. The number of ether oxygens (including phenoxy) is 1. The highest BCUT2D eigenvalue weighted by Crippen LogP contribution is 1.78. The predicted molar refractivity (Wildman–Crippen MR) is 64.2 cm³/mol. The Morgan fingerprint density at radius 1 is 0.882 bits per heavy atom. The van der Waals surface area contributed by atoms with Crippen LogP contribution in [0.1, 0.15) is 12.8 Å². The van der Waals surface area contributed by atoms with Crippen molar-refractivity contribution < 1.29 is 14.3 Å². The number of carbonyl (C=O) groups is 2. The van der Waals surface area contributed by atoms with Crippen LogP contribution < -0.4 is 22.1 Å². The van der Waals surface area contributed by atoms with E-state index in [1.165, 1.54) is 0 Å². The lowest BCUT2D eigenvalue weighted by atomic mass is 10.4. The van der Waals surface area contributed by atoms with Crippen molar-refractivity contribution >= 4 is 11.8 Å². The minimum atomic E-state index is -0.0765. The topological polar surface area (TPSA) is 119 Å². The Balaban J connectivity index is 3.18. The second-order valence-electron chi connectivity index (χ2n) is 3.39. The Morgan fingerprint density at radius 2 is 1.29 bits per heavy atom. The van der Waals surface area contributed by atoms with Gasteiger partial charge in [-0.3, -0.25) is 9.59 Å². The summed E-state index contributed by atoms with van der Waals surface area (Å²) in [6.45, 7) is 2.44. The molecule has 0 bridgehead atoms. The zero-order valence-electron chi connectivity index (χ0n) is 10.0. The molecular formula is C10H22N4O3. The second-order valence-corrected chi connectivity index (χ2v) is 3.39. The SMILES string of the molecule is NCCC(=O)NCCOCCNC(=O)CCN. The Labute approximate surface area is 101 Å². The molecule has 0 atom stereocenters. The number of nitrogens with one attached hydrogen (secondary N) is 2. The number of hydrogen-bond acceptors (Lipinski definition) is 5. The molecular weight excluding hydrogens is 224 g/mol. The monoisotopic (exact) mass is 246 g/mol. The summed E-state index contributed by atoms with van der Waals surface area (Å²) in [7, 11) is 0. The van der Waals surface area contributed by atoms with E-state index in [4.69, 9.17) is 16.2 Å². The number of hydrogen-bond donors (Lipinski definition) is 4. The van der Waals surface area contributed by atoms with Crippen LogP contribution in [-0.4, -0.2) is 51.2 Å². The molecule has 0 aromatic carbocycles. The molecule has 0 rings (SSSR count). The molecule has 6 N–H and O–H groups in total. The molecule has 0 fully saturated rings. The first-order valence-electron chi connectivity index (χ1n) is 5.72. The van der Waals surface area contributed by atoms with Crippen LogP contribution in [0.4, 0.5) is 0 Å². The first-order chi connectivity index (χ1) is 8.20. The number of nitrogens with two attached hydrogens (primary N) is 2. The summed E-state index contributed by atoms with van der Waals surface area (Å²) in [4.78, 5) is 22.0. The molecule has 0 aliphatic heterocycles. The Hall–Kier alpha value is -1.18. The van der Waals surface area contributed by atoms with E-state index in [1.54, 1.807) is 0 Å². The molecule has 0 saturated carbocycles. The van der Waals surface area contributed by atoms with Gasteiger partial charge in [-0.1, -0.05) is 0 Å². The fourth-order valence-corrected chi connectivity index (χ4v) is 1.07. The van der Waals surface area contributed by atoms with Crippen LogP contribution in [0.15, 0.2) is 0 Å². The molecule has 0 aliphatic carbocycles. The van der Waals surface area contributed by atoms with Crippen LogP contribution >= 0.6 is 0 Å². The van der Waals surface area contributed by atoms with Crippen LogP contribution in [0.2, 0.25) is 0 Å². The molecule has 2 amide bonds. The average Bonchev–Trinajstić information content (AvgIpc) is 2.28. The van der Waals surface area contributed by atoms with Crippen LogP contribution in [0.25, 0.3) is 0 Å². The van der Waals surface area contributed by atoms with Crippen LogP contribution in [0, 0.1) is 0 Å². The van der Waals surface area contributed by atoms with Crippen molar-refractivity contribution in [2.75, 3.05) is 39.4 Å². The predicted octanol–water partition coefficient (Wildman–Crippen LogP) is -2.07. The summed E-state index contributed by atoms with van der Waals surface area (Å²) < 4.78 is 5.20. The van der Waals surface area contributed by atoms with E-state index >= 15 is 0 Å². The molecule has 0 unspecified atom stereocenters. The summed E-state index contributed by atoms with van der Waals surface area (Å²) in [6, 6.07) is 0. The lowest BCUT2D eigenvalue weighted by Gasteiger charge is -2.07. The van der Waals surface area contributed by atoms with E-state index in [1.807, 2.05) is 0 Å². The van der Waals surface area contributed by atoms with E-state index in [0.29, 0.717) is 52.2 Å². The lowest BCUT2D eigenvalue weighted by Crippen LogP contribution is -2.31. The van der Waals surface area contributed by atoms with Gasteiger partial charge in [-0.15, -0.1) is 0 Å². The second kappa shape index (κ2) is 11.3. The lowest BCUT2D eigenvalue weighted by molar-refractivity contribution is -0.121. The molecule has 0 aliphatic rings. The van der Waals surface area contributed by atoms with Crippen LogP contribution in [-0.2, 0) is 14.3 Å². The van der Waals surface area contributed by atoms with Crippen molar-refractivity contribution in [2.45, 2.75) is 12.8 Å². The third kappa shape index (κ3) is 11.1. The van der Waals surface area contributed by atoms with Gasteiger partial charge in [0.25, 0.3) is 0 Å². The van der Waals surface area contributed by atoms with Gasteiger partial charge < -0.3 is 26.8 Å². The van der Waals surface area contributed by atoms with Gasteiger partial charge in [-0.2, -0.15) is 0 Å². The quantitative estimate of drug-likeness (QED) is 0.330. The number of amides is 2. The minimum absolute atomic E-state index is 0.0765. The highest BCUT2D eigenvalue weighted by molar-refractivity contribution is 5.76. The van der Waals surface area contributed by atoms with Crippen molar-refractivity contribution in [3.05, 3.63) is 0 Å². The van der Waals surface area contributed by atoms with E-state index < -0.39 is 0 Å². The molecule has 0 aromatic heterocycles. The fourth-order valence-electron chi connectivity index (χ4n) is 1.07. The summed E-state index contributed by atoms with van der Waals surface area (Å²) in [5.41, 5.74) is 10.4. The van der Waals surface area contributed by atoms with Crippen molar-refractivity contribution in [1.29, 1.82) is 0 Å². The fraction of sp³-hybridized carbons (Fsp3) is 0.800. The summed E-state index contributed by atoms with van der Waals surface area (Å²) in [6.07, 6.45) is 0.657. The van der Waals surface area contributed by atoms with Gasteiger partial charge in [-0.05, 0) is 0 Å². The molecule has 17 heavy (non-hydrogen) atoms. The molecule has 100 valence electrons. The molecule has 7 nitrogen and oxygen atoms in total. The minimum Gasteiger partial charge on any atom is -0.378 e. The third-order valence-corrected chi connectivity index (χ3v) is 1.88. The van der Waals surface area contributed by atoms with E-state index in [2.05, 4.69) is 10.6 Å². The molecule has 0 radical (unpaired) electrons. The maximum absolute atomic E-state index is 11.0. The molecule has 0 heterocycles. The summed E-state index contributed by atoms with van der Waals surface area (Å²) in [5.74, 6) is -0.153. The maximum Gasteiger partial charge on any atom is 0.221 e. The smallest absolute Gasteiger partial charge is 0.221 e. The average molecular weight is 246 g/mol. The van der Waals surface area contributed by atoms with Crippen LogP contribution in [0.5, 0.6) is 0 Å². The first kappa shape index (κ1) is 15.8. The standard InChI is InChI=1S/C10H22N4O3/c11-3-1-9(15)13-5-7-17-8-6-14-10(16)2-4-12/h1-8,11-12H2,(H,13,15)(H,14,16). The van der Waals surface area contributed by atoms with Crippen molar-refractivity contribution in [3.63, 3.8) is 0 Å². The first-order valence-corrected chi connectivity index (χ1v) is 5.72. The van der Waals surface area contributed by atoms with Gasteiger partial charge in [0.15, 0.2) is 0 Å². The van der Waals surface area contributed by atoms with Gasteiger partial charge >= 0.3 is 0 Å². The Kier molecular flexibility index (Phi) is 10.5. The molecule has 0 spiro atoms. The number of carbonyl (C=O) groups excluding carboxylic acids is 2. The van der Waals surface area contributed by atoms with Gasteiger partial charge in [0.05, 0.1) is 13.2 Å². The largest absolute Gasteiger partial charge is 0.378 e. The van der Waals surface area contributed by atoms with Crippen molar-refractivity contribution in [2.24, 2.45) is 11.5 Å². The summed E-state index contributed by atoms with van der Waals surface area (Å²) in [5, 5.41) is 5.31. The highest BCUT2D eigenvalue weighted by Gasteiger charge is 1.99. The normalized spacial score (nSPS) is 10.0. The van der Waals surface area contributed by atoms with E-state index in [-0.39, 0.29) is 11.8 Å². The van der Waals surface area contributed by atoms with Gasteiger partial charge in [0, 0.05) is 39.0 Å². The van der Waals surface area contributed by atoms with E-state index in [9.17, 15) is 9.59 Å². The van der Waals surface area contributed by atoms with E-state index in [0.717, 1.165) is 0 Å².